The summed E-state index contributed by atoms with van der Waals surface area (Å²) in [5.74, 6) is 0.478. The standard InChI is InChI=1S/C24H20N4O4S/c1-32-19-12-8-17(9-13-19)28-23(31)20-4-2-3-5-21(20)26-24(28)33-15-22(30)27-25-14-16-6-10-18(29)11-7-16/h2-14,29H,15H2,1H3,(H,27,30). The van der Waals surface area contributed by atoms with Crippen molar-refractivity contribution >= 4 is 34.8 Å². The molecule has 4 rings (SSSR count). The summed E-state index contributed by atoms with van der Waals surface area (Å²) >= 11 is 1.14. The number of nitrogens with zero attached hydrogens (tertiary/aromatic N) is 3. The Morgan fingerprint density at radius 1 is 1.12 bits per heavy atom. The van der Waals surface area contributed by atoms with Gasteiger partial charge in [0, 0.05) is 0 Å². The summed E-state index contributed by atoms with van der Waals surface area (Å²) in [6.45, 7) is 0. The zero-order valence-corrected chi connectivity index (χ0v) is 18.5. The second-order valence-corrected chi connectivity index (χ2v) is 7.87. The number of thioether (sulfide) groups is 1. The molecular formula is C24H20N4O4S. The molecule has 3 aromatic carbocycles. The highest BCUT2D eigenvalue weighted by atomic mass is 32.2. The number of methoxy groups -OCH3 is 1. The highest BCUT2D eigenvalue weighted by Crippen LogP contribution is 2.22. The Bertz CT molecular complexity index is 1370. The number of carbonyl (C=O) groups is 1. The molecule has 0 aliphatic carbocycles. The Labute approximate surface area is 193 Å². The van der Waals surface area contributed by atoms with E-state index in [4.69, 9.17) is 4.74 Å². The minimum absolute atomic E-state index is 0.00779. The number of fused-ring (bicyclic) bond motifs is 1. The molecule has 0 atom stereocenters. The summed E-state index contributed by atoms with van der Waals surface area (Å²) in [7, 11) is 1.57. The first-order valence-electron chi connectivity index (χ1n) is 9.95. The molecule has 1 heterocycles. The monoisotopic (exact) mass is 460 g/mol. The summed E-state index contributed by atoms with van der Waals surface area (Å²) in [5, 5.41) is 14.1. The lowest BCUT2D eigenvalue weighted by molar-refractivity contribution is -0.118. The number of hydrogen-bond donors (Lipinski definition) is 2. The maximum atomic E-state index is 13.2. The Hall–Kier alpha value is -4.11. The number of nitrogens with one attached hydrogen (secondary N) is 1. The number of para-hydroxylation sites is 1. The van der Waals surface area contributed by atoms with Gasteiger partial charge in [0.05, 0.1) is 35.7 Å². The maximum Gasteiger partial charge on any atom is 0.266 e. The van der Waals surface area contributed by atoms with Crippen LogP contribution in [0.5, 0.6) is 11.5 Å². The first-order chi connectivity index (χ1) is 16.0. The second kappa shape index (κ2) is 10.0. The van der Waals surface area contributed by atoms with E-state index in [1.807, 2.05) is 6.07 Å². The van der Waals surface area contributed by atoms with Crippen molar-refractivity contribution in [2.75, 3.05) is 12.9 Å². The number of ether oxygens (including phenoxy) is 1. The average Bonchev–Trinajstić information content (AvgIpc) is 2.84. The van der Waals surface area contributed by atoms with E-state index in [9.17, 15) is 14.7 Å². The molecule has 9 heteroatoms. The molecule has 0 bridgehead atoms. The number of phenols is 1. The van der Waals surface area contributed by atoms with Crippen LogP contribution in [0.15, 0.2) is 87.8 Å². The van der Waals surface area contributed by atoms with E-state index >= 15 is 0 Å². The molecule has 0 aliphatic rings. The first-order valence-corrected chi connectivity index (χ1v) is 10.9. The van der Waals surface area contributed by atoms with Crippen LogP contribution in [0, 0.1) is 0 Å². The van der Waals surface area contributed by atoms with Crippen LogP contribution in [-0.4, -0.2) is 39.6 Å². The van der Waals surface area contributed by atoms with E-state index in [1.54, 1.807) is 61.7 Å². The molecule has 0 saturated heterocycles. The average molecular weight is 461 g/mol. The van der Waals surface area contributed by atoms with Gasteiger partial charge in [0.2, 0.25) is 0 Å². The molecule has 0 aliphatic heterocycles. The van der Waals surface area contributed by atoms with Crippen molar-refractivity contribution in [3.8, 4) is 17.2 Å². The number of amides is 1. The molecule has 1 amide bonds. The molecule has 8 nitrogen and oxygen atoms in total. The van der Waals surface area contributed by atoms with Gasteiger partial charge in [0.1, 0.15) is 11.5 Å². The number of rotatable bonds is 7. The fourth-order valence-electron chi connectivity index (χ4n) is 3.07. The van der Waals surface area contributed by atoms with Gasteiger partial charge in [-0.2, -0.15) is 5.10 Å². The number of carbonyl (C=O) groups excluding carboxylic acids is 1. The molecule has 0 spiro atoms. The minimum atomic E-state index is -0.348. The van der Waals surface area contributed by atoms with Crippen LogP contribution in [0.4, 0.5) is 0 Å². The van der Waals surface area contributed by atoms with Crippen LogP contribution in [-0.2, 0) is 4.79 Å². The molecule has 0 unspecified atom stereocenters. The number of aromatic nitrogens is 2. The van der Waals surface area contributed by atoms with E-state index < -0.39 is 0 Å². The van der Waals surface area contributed by atoms with Gasteiger partial charge in [-0.3, -0.25) is 14.2 Å². The van der Waals surface area contributed by atoms with Gasteiger partial charge in [0.15, 0.2) is 5.16 Å². The molecule has 0 fully saturated rings. The highest BCUT2D eigenvalue weighted by Gasteiger charge is 2.15. The SMILES string of the molecule is COc1ccc(-n2c(SCC(=O)NN=Cc3ccc(O)cc3)nc3ccccc3c2=O)cc1. The third-order valence-electron chi connectivity index (χ3n) is 4.70. The number of phenolic OH excluding ortho intramolecular Hbond substituents is 1. The molecule has 166 valence electrons. The van der Waals surface area contributed by atoms with Crippen molar-refractivity contribution in [3.63, 3.8) is 0 Å². The van der Waals surface area contributed by atoms with Gasteiger partial charge < -0.3 is 9.84 Å². The smallest absolute Gasteiger partial charge is 0.266 e. The van der Waals surface area contributed by atoms with Crippen molar-refractivity contribution in [2.24, 2.45) is 5.10 Å². The number of hydrogen-bond acceptors (Lipinski definition) is 7. The van der Waals surface area contributed by atoms with Crippen molar-refractivity contribution in [1.29, 1.82) is 0 Å². The van der Waals surface area contributed by atoms with Gasteiger partial charge in [-0.15, -0.1) is 0 Å². The minimum Gasteiger partial charge on any atom is -0.508 e. The van der Waals surface area contributed by atoms with Crippen LogP contribution in [0.1, 0.15) is 5.56 Å². The van der Waals surface area contributed by atoms with Gasteiger partial charge in [-0.05, 0) is 66.2 Å². The van der Waals surface area contributed by atoms with Crippen molar-refractivity contribution in [2.45, 2.75) is 5.16 Å². The van der Waals surface area contributed by atoms with Crippen molar-refractivity contribution in [1.82, 2.24) is 15.0 Å². The van der Waals surface area contributed by atoms with Gasteiger partial charge in [-0.1, -0.05) is 23.9 Å². The maximum absolute atomic E-state index is 13.2. The normalized spacial score (nSPS) is 11.1. The first kappa shape index (κ1) is 22.1. The molecule has 4 aromatic rings. The topological polar surface area (TPSA) is 106 Å². The molecule has 1 aromatic heterocycles. The molecule has 0 saturated carbocycles. The lowest BCUT2D eigenvalue weighted by Crippen LogP contribution is -2.24. The second-order valence-electron chi connectivity index (χ2n) is 6.92. The van der Waals surface area contributed by atoms with Crippen LogP contribution in [0.2, 0.25) is 0 Å². The lowest BCUT2D eigenvalue weighted by atomic mass is 10.2. The summed E-state index contributed by atoms with van der Waals surface area (Å²) in [6.07, 6.45) is 1.48. The quantitative estimate of drug-likeness (QED) is 0.190. The number of benzene rings is 3. The summed E-state index contributed by atoms with van der Waals surface area (Å²) in [5.41, 5.74) is 4.14. The predicted molar refractivity (Wildman–Crippen MR) is 128 cm³/mol. The fraction of sp³-hybridized carbons (Fsp3) is 0.0833. The Balaban J connectivity index is 1.56. The number of hydrazone groups is 1. The van der Waals surface area contributed by atoms with Gasteiger partial charge >= 0.3 is 0 Å². The zero-order chi connectivity index (χ0) is 23.2. The van der Waals surface area contributed by atoms with Gasteiger partial charge in [0.25, 0.3) is 11.5 Å². The predicted octanol–water partition coefficient (Wildman–Crippen LogP) is 3.34. The Morgan fingerprint density at radius 3 is 2.58 bits per heavy atom. The van der Waals surface area contributed by atoms with Crippen molar-refractivity contribution in [3.05, 3.63) is 88.7 Å². The van der Waals surface area contributed by atoms with E-state index in [0.717, 1.165) is 17.3 Å². The summed E-state index contributed by atoms with van der Waals surface area (Å²) < 4.78 is 6.69. The number of aromatic hydroxyl groups is 1. The molecular weight excluding hydrogens is 440 g/mol. The van der Waals surface area contributed by atoms with Crippen LogP contribution >= 0.6 is 11.8 Å². The fourth-order valence-corrected chi connectivity index (χ4v) is 3.87. The molecule has 0 radical (unpaired) electrons. The van der Waals surface area contributed by atoms with E-state index in [1.165, 1.54) is 22.9 Å². The largest absolute Gasteiger partial charge is 0.508 e. The summed E-state index contributed by atoms with van der Waals surface area (Å²) in [4.78, 5) is 30.2. The third kappa shape index (κ3) is 5.21. The Morgan fingerprint density at radius 2 is 1.85 bits per heavy atom. The van der Waals surface area contributed by atoms with Crippen LogP contribution in [0.25, 0.3) is 16.6 Å². The van der Waals surface area contributed by atoms with Crippen LogP contribution < -0.4 is 15.7 Å². The van der Waals surface area contributed by atoms with Crippen molar-refractivity contribution < 1.29 is 14.6 Å². The summed E-state index contributed by atoms with van der Waals surface area (Å²) in [6, 6.07) is 20.6. The molecule has 33 heavy (non-hydrogen) atoms. The van der Waals surface area contributed by atoms with E-state index in [0.29, 0.717) is 27.5 Å². The van der Waals surface area contributed by atoms with Gasteiger partial charge in [-0.25, -0.2) is 10.4 Å². The highest BCUT2D eigenvalue weighted by molar-refractivity contribution is 7.99. The third-order valence-corrected chi connectivity index (χ3v) is 5.64. The zero-order valence-electron chi connectivity index (χ0n) is 17.6. The van der Waals surface area contributed by atoms with E-state index in [2.05, 4.69) is 15.5 Å². The molecule has 2 N–H and O–H groups in total. The lowest BCUT2D eigenvalue weighted by Gasteiger charge is -2.13. The van der Waals surface area contributed by atoms with E-state index in [-0.39, 0.29) is 23.0 Å². The van der Waals surface area contributed by atoms with Crippen LogP contribution in [0.3, 0.4) is 0 Å². The Kier molecular flexibility index (Phi) is 6.70.